The molecule has 0 saturated heterocycles. The molecule has 8 nitrogen and oxygen atoms in total. The molecule has 5 rings (SSSR count). The molecule has 0 radical (unpaired) electrons. The van der Waals surface area contributed by atoms with Crippen LogP contribution >= 0.6 is 11.3 Å². The van der Waals surface area contributed by atoms with Gasteiger partial charge in [0.1, 0.15) is 12.1 Å². The second-order valence-electron chi connectivity index (χ2n) is 9.79. The van der Waals surface area contributed by atoms with Gasteiger partial charge in [0.15, 0.2) is 10.6 Å². The van der Waals surface area contributed by atoms with Gasteiger partial charge in [-0.05, 0) is 67.6 Å². The number of halogens is 3. The summed E-state index contributed by atoms with van der Waals surface area (Å²) in [6.45, 7) is 4.05. The van der Waals surface area contributed by atoms with E-state index in [1.807, 2.05) is 65.5 Å². The van der Waals surface area contributed by atoms with Gasteiger partial charge in [-0.1, -0.05) is 49.4 Å². The number of benzene rings is 3. The fourth-order valence-corrected chi connectivity index (χ4v) is 5.22. The Balaban J connectivity index is 1.16. The summed E-state index contributed by atoms with van der Waals surface area (Å²) >= 11 is 1.41. The van der Waals surface area contributed by atoms with Gasteiger partial charge in [-0.25, -0.2) is 14.5 Å². The number of amides is 2. The predicted octanol–water partition coefficient (Wildman–Crippen LogP) is 6.88. The summed E-state index contributed by atoms with van der Waals surface area (Å²) in [5.74, 6) is 0.177. The molecule has 2 amide bonds. The number of hydrogen-bond acceptors (Lipinski definition) is 5. The van der Waals surface area contributed by atoms with Crippen molar-refractivity contribution < 1.29 is 22.7 Å². The molecule has 0 aliphatic heterocycles. The van der Waals surface area contributed by atoms with Gasteiger partial charge in [0, 0.05) is 23.2 Å². The molecule has 1 unspecified atom stereocenters. The fourth-order valence-electron chi connectivity index (χ4n) is 4.51. The number of carbonyl (C=O) groups is 1. The molecule has 0 fully saturated rings. The Hall–Kier alpha value is -4.71. The highest BCUT2D eigenvalue weighted by Crippen LogP contribution is 2.24. The largest absolute Gasteiger partial charge is 0.573 e. The zero-order valence-electron chi connectivity index (χ0n) is 23.5. The van der Waals surface area contributed by atoms with E-state index >= 15 is 0 Å². The molecule has 3 aromatic carbocycles. The monoisotopic (exact) mass is 606 g/mol. The van der Waals surface area contributed by atoms with Crippen LogP contribution in [-0.4, -0.2) is 37.8 Å². The number of nitrogens with zero attached hydrogens (tertiary/aromatic N) is 5. The Bertz CT molecular complexity index is 1740. The summed E-state index contributed by atoms with van der Waals surface area (Å²) in [5.41, 5.74) is 4.64. The second kappa shape index (κ2) is 13.1. The van der Waals surface area contributed by atoms with Crippen molar-refractivity contribution in [1.29, 1.82) is 0 Å². The molecule has 43 heavy (non-hydrogen) atoms. The Morgan fingerprint density at radius 3 is 2.53 bits per heavy atom. The lowest BCUT2D eigenvalue weighted by atomic mass is 10.0. The number of alkyl halides is 3. The zero-order chi connectivity index (χ0) is 30.4. The van der Waals surface area contributed by atoms with Gasteiger partial charge < -0.3 is 10.1 Å². The van der Waals surface area contributed by atoms with Gasteiger partial charge in [0.05, 0.1) is 11.4 Å². The molecule has 2 aromatic heterocycles. The van der Waals surface area contributed by atoms with Crippen LogP contribution in [0, 0.1) is 0 Å². The maximum atomic E-state index is 12.7. The smallest absolute Gasteiger partial charge is 0.406 e. The van der Waals surface area contributed by atoms with Crippen molar-refractivity contribution in [1.82, 2.24) is 24.6 Å². The van der Waals surface area contributed by atoms with Crippen LogP contribution in [0.1, 0.15) is 31.4 Å². The average Bonchev–Trinajstić information content (AvgIpc) is 3.66. The van der Waals surface area contributed by atoms with Gasteiger partial charge in [-0.3, -0.25) is 4.57 Å². The van der Waals surface area contributed by atoms with Gasteiger partial charge in [0.2, 0.25) is 0 Å². The van der Waals surface area contributed by atoms with E-state index in [9.17, 15) is 18.0 Å². The summed E-state index contributed by atoms with van der Waals surface area (Å²) in [4.78, 5) is 22.0. The molecule has 1 N–H and O–H groups in total. The molecule has 5 aromatic rings. The van der Waals surface area contributed by atoms with Crippen molar-refractivity contribution in [3.8, 4) is 28.5 Å². The topological polar surface area (TPSA) is 86.3 Å². The predicted molar refractivity (Wildman–Crippen MR) is 158 cm³/mol. The number of para-hydroxylation sites is 1. The lowest BCUT2D eigenvalue weighted by molar-refractivity contribution is -0.274. The standard InChI is InChI=1S/C31H29F3N6O2S/c1-3-23-6-4-5-7-27(23)39-18-19-43-30(39)37-29(41)36-21(2)8-9-22-10-12-24(13-11-22)28-35-20-40(38-28)25-14-16-26(17-15-25)42-31(32,33)34/h4-7,10-21H,3,8-9H2,1-2H3,(H,36,41). The third kappa shape index (κ3) is 7.77. The fraction of sp³-hybridized carbons (Fsp3) is 0.226. The first-order valence-corrected chi connectivity index (χ1v) is 14.5. The summed E-state index contributed by atoms with van der Waals surface area (Å²) in [6, 6.07) is 20.8. The van der Waals surface area contributed by atoms with E-state index in [1.54, 1.807) is 0 Å². The van der Waals surface area contributed by atoms with Crippen LogP contribution in [0.25, 0.3) is 22.8 Å². The van der Waals surface area contributed by atoms with Crippen LogP contribution in [-0.2, 0) is 12.8 Å². The first-order valence-electron chi connectivity index (χ1n) is 13.7. The minimum atomic E-state index is -4.74. The number of aryl methyl sites for hydroxylation is 2. The number of hydrogen-bond donors (Lipinski definition) is 1. The second-order valence-corrected chi connectivity index (χ2v) is 10.7. The van der Waals surface area contributed by atoms with Crippen LogP contribution in [0.2, 0.25) is 0 Å². The molecular weight excluding hydrogens is 577 g/mol. The minimum absolute atomic E-state index is 0.0856. The van der Waals surface area contributed by atoms with Gasteiger partial charge in [-0.2, -0.15) is 4.99 Å². The highest BCUT2D eigenvalue weighted by Gasteiger charge is 2.31. The molecular formula is C31H29F3N6O2S. The molecule has 0 spiro atoms. The SMILES string of the molecule is CCc1ccccc1-n1ccsc1=NC(=O)NC(C)CCc1ccc(-c2ncn(-c3ccc(OC(F)(F)F)cc3)n2)cc1. The average molecular weight is 607 g/mol. The number of carbonyl (C=O) groups excluding carboxylic acids is 1. The minimum Gasteiger partial charge on any atom is -0.406 e. The Morgan fingerprint density at radius 2 is 1.81 bits per heavy atom. The number of aromatic nitrogens is 4. The lowest BCUT2D eigenvalue weighted by Crippen LogP contribution is -2.32. The first kappa shape index (κ1) is 29.8. The maximum Gasteiger partial charge on any atom is 0.573 e. The zero-order valence-corrected chi connectivity index (χ0v) is 24.3. The summed E-state index contributed by atoms with van der Waals surface area (Å²) < 4.78 is 44.5. The molecule has 2 heterocycles. The molecule has 0 aliphatic carbocycles. The molecule has 12 heteroatoms. The highest BCUT2D eigenvalue weighted by atomic mass is 32.1. The number of urea groups is 1. The third-order valence-corrected chi connectivity index (χ3v) is 7.45. The number of thiazole rings is 1. The van der Waals surface area contributed by atoms with Gasteiger partial charge in [0.25, 0.3) is 0 Å². The Morgan fingerprint density at radius 1 is 1.07 bits per heavy atom. The molecule has 0 bridgehead atoms. The number of nitrogens with one attached hydrogen (secondary N) is 1. The van der Waals surface area contributed by atoms with E-state index in [0.29, 0.717) is 16.3 Å². The van der Waals surface area contributed by atoms with Crippen molar-refractivity contribution in [3.63, 3.8) is 0 Å². The van der Waals surface area contributed by atoms with Crippen LogP contribution < -0.4 is 14.9 Å². The molecule has 1 atom stereocenters. The molecule has 0 aliphatic rings. The van der Waals surface area contributed by atoms with Crippen LogP contribution in [0.4, 0.5) is 18.0 Å². The summed E-state index contributed by atoms with van der Waals surface area (Å²) in [7, 11) is 0. The van der Waals surface area contributed by atoms with E-state index in [2.05, 4.69) is 38.1 Å². The summed E-state index contributed by atoms with van der Waals surface area (Å²) in [6.07, 6.45) is 1.03. The van der Waals surface area contributed by atoms with E-state index in [4.69, 9.17) is 0 Å². The number of ether oxygens (including phenoxy) is 1. The maximum absolute atomic E-state index is 12.7. The van der Waals surface area contributed by atoms with Crippen molar-refractivity contribution in [2.45, 2.75) is 45.5 Å². The quantitative estimate of drug-likeness (QED) is 0.198. The van der Waals surface area contributed by atoms with Crippen LogP contribution in [0.15, 0.2) is 95.7 Å². The van der Waals surface area contributed by atoms with E-state index in [-0.39, 0.29) is 17.8 Å². The van der Waals surface area contributed by atoms with Crippen LogP contribution in [0.3, 0.4) is 0 Å². The Labute approximate surface area is 250 Å². The molecule has 0 saturated carbocycles. The molecule has 222 valence electrons. The van der Waals surface area contributed by atoms with E-state index in [1.165, 1.54) is 52.2 Å². The third-order valence-electron chi connectivity index (χ3n) is 6.69. The lowest BCUT2D eigenvalue weighted by Gasteiger charge is -2.12. The number of rotatable bonds is 9. The van der Waals surface area contributed by atoms with Crippen molar-refractivity contribution in [3.05, 3.63) is 107 Å². The van der Waals surface area contributed by atoms with Crippen molar-refractivity contribution in [2.24, 2.45) is 4.99 Å². The Kier molecular flexibility index (Phi) is 9.05. The van der Waals surface area contributed by atoms with Gasteiger partial charge in [-0.15, -0.1) is 29.6 Å². The first-order chi connectivity index (χ1) is 20.7. The van der Waals surface area contributed by atoms with Gasteiger partial charge >= 0.3 is 12.4 Å². The van der Waals surface area contributed by atoms with Crippen molar-refractivity contribution in [2.75, 3.05) is 0 Å². The van der Waals surface area contributed by atoms with Crippen molar-refractivity contribution >= 4 is 17.4 Å². The highest BCUT2D eigenvalue weighted by molar-refractivity contribution is 7.07. The normalized spacial score (nSPS) is 12.7. The van der Waals surface area contributed by atoms with Crippen LogP contribution in [0.5, 0.6) is 5.75 Å². The van der Waals surface area contributed by atoms with E-state index < -0.39 is 6.36 Å². The summed E-state index contributed by atoms with van der Waals surface area (Å²) in [5, 5.41) is 9.32. The van der Waals surface area contributed by atoms with E-state index in [0.717, 1.165) is 36.1 Å².